The molecule has 1 aliphatic carbocycles. The second kappa shape index (κ2) is 9.86. The maximum atomic E-state index is 13.9. The third-order valence-corrected chi connectivity index (χ3v) is 8.30. The highest BCUT2D eigenvalue weighted by Crippen LogP contribution is 2.34. The number of aryl methyl sites for hydroxylation is 1. The molecule has 0 atom stereocenters. The van der Waals surface area contributed by atoms with Crippen LogP contribution in [-0.4, -0.2) is 24.4 Å². The van der Waals surface area contributed by atoms with E-state index in [9.17, 15) is 17.2 Å². The Morgan fingerprint density at radius 1 is 1.10 bits per heavy atom. The highest BCUT2D eigenvalue weighted by atomic mass is 32.2. The molecular formula is C23H29F2NO3S. The van der Waals surface area contributed by atoms with Crippen LogP contribution in [0.4, 0.5) is 8.78 Å². The molecule has 1 heterocycles. The van der Waals surface area contributed by atoms with Crippen LogP contribution in [0.5, 0.6) is 11.6 Å². The Bertz CT molecular complexity index is 955. The van der Waals surface area contributed by atoms with Crippen molar-refractivity contribution in [1.82, 2.24) is 4.98 Å². The second-order valence-electron chi connectivity index (χ2n) is 8.45. The Morgan fingerprint density at radius 2 is 1.80 bits per heavy atom. The molecule has 0 N–H and O–H groups in total. The van der Waals surface area contributed by atoms with Gasteiger partial charge in [-0.3, -0.25) is 0 Å². The quantitative estimate of drug-likeness (QED) is 0.530. The maximum Gasteiger partial charge on any atom is 0.222 e. The zero-order valence-corrected chi connectivity index (χ0v) is 18.3. The van der Waals surface area contributed by atoms with Gasteiger partial charge >= 0.3 is 0 Å². The van der Waals surface area contributed by atoms with Gasteiger partial charge in [0.25, 0.3) is 0 Å². The lowest BCUT2D eigenvalue weighted by atomic mass is 9.80. The summed E-state index contributed by atoms with van der Waals surface area (Å²) in [7, 11) is -2.99. The fourth-order valence-corrected chi connectivity index (χ4v) is 5.31. The number of halogens is 2. The summed E-state index contributed by atoms with van der Waals surface area (Å²) >= 11 is 0. The molecule has 0 radical (unpaired) electrons. The van der Waals surface area contributed by atoms with Gasteiger partial charge in [-0.1, -0.05) is 18.9 Å². The predicted molar refractivity (Wildman–Crippen MR) is 113 cm³/mol. The minimum Gasteiger partial charge on any atom is -0.436 e. The summed E-state index contributed by atoms with van der Waals surface area (Å²) in [5.41, 5.74) is 0.880. The fraction of sp³-hybridized carbons (Fsp3) is 0.522. The van der Waals surface area contributed by atoms with Crippen LogP contribution in [0, 0.1) is 23.5 Å². The molecule has 0 aliphatic heterocycles. The Balaban J connectivity index is 1.55. The molecule has 3 rings (SSSR count). The van der Waals surface area contributed by atoms with Gasteiger partial charge in [0.1, 0.15) is 5.82 Å². The van der Waals surface area contributed by atoms with Crippen molar-refractivity contribution < 1.29 is 21.9 Å². The average Bonchev–Trinajstić information content (AvgIpc) is 2.70. The molecule has 0 bridgehead atoms. The summed E-state index contributed by atoms with van der Waals surface area (Å²) in [6, 6.07) is 6.92. The third-order valence-electron chi connectivity index (χ3n) is 5.93. The van der Waals surface area contributed by atoms with Gasteiger partial charge in [0.05, 0.1) is 11.0 Å². The molecule has 0 unspecified atom stereocenters. The van der Waals surface area contributed by atoms with Crippen LogP contribution < -0.4 is 4.74 Å². The molecule has 1 aromatic carbocycles. The number of rotatable bonds is 8. The molecule has 4 nitrogen and oxygen atoms in total. The molecule has 30 heavy (non-hydrogen) atoms. The number of ether oxygens (including phenoxy) is 1. The van der Waals surface area contributed by atoms with Crippen LogP contribution in [0.1, 0.15) is 51.5 Å². The van der Waals surface area contributed by atoms with E-state index in [1.807, 2.05) is 12.1 Å². The number of aromatic nitrogens is 1. The smallest absolute Gasteiger partial charge is 0.222 e. The molecule has 1 aliphatic rings. The minimum absolute atomic E-state index is 0.0526. The van der Waals surface area contributed by atoms with Crippen molar-refractivity contribution in [3.8, 4) is 11.6 Å². The van der Waals surface area contributed by atoms with Gasteiger partial charge in [-0.25, -0.2) is 22.2 Å². The molecule has 2 aromatic rings. The van der Waals surface area contributed by atoms with E-state index in [4.69, 9.17) is 4.74 Å². The largest absolute Gasteiger partial charge is 0.436 e. The standard InChI is InChI=1S/C23H29F2NO3S/c1-16(2)30(27,28)15-18-7-5-17(6-8-18)9-10-19-4-3-13-26-23(19)29-22-12-11-20(24)14-21(22)25/h3-4,11-14,16-18H,5-10,15H2,1-2H3. The number of benzene rings is 1. The monoisotopic (exact) mass is 437 g/mol. The van der Waals surface area contributed by atoms with Crippen molar-refractivity contribution in [2.75, 3.05) is 5.75 Å². The predicted octanol–water partition coefficient (Wildman–Crippen LogP) is 5.71. The van der Waals surface area contributed by atoms with E-state index in [-0.39, 0.29) is 16.9 Å². The van der Waals surface area contributed by atoms with Crippen LogP contribution >= 0.6 is 0 Å². The minimum atomic E-state index is -2.99. The van der Waals surface area contributed by atoms with E-state index in [2.05, 4.69) is 4.98 Å². The summed E-state index contributed by atoms with van der Waals surface area (Å²) in [5, 5.41) is -0.315. The summed E-state index contributed by atoms with van der Waals surface area (Å²) in [6.45, 7) is 3.48. The molecule has 1 saturated carbocycles. The lowest BCUT2D eigenvalue weighted by molar-refractivity contribution is 0.278. The van der Waals surface area contributed by atoms with E-state index >= 15 is 0 Å². The van der Waals surface area contributed by atoms with Gasteiger partial charge in [-0.15, -0.1) is 0 Å². The van der Waals surface area contributed by atoms with E-state index < -0.39 is 21.5 Å². The summed E-state index contributed by atoms with van der Waals surface area (Å²) < 4.78 is 56.9. The van der Waals surface area contributed by atoms with E-state index in [1.54, 1.807) is 20.0 Å². The van der Waals surface area contributed by atoms with E-state index in [1.165, 1.54) is 6.07 Å². The molecule has 1 fully saturated rings. The van der Waals surface area contributed by atoms with Crippen molar-refractivity contribution in [3.63, 3.8) is 0 Å². The molecule has 164 valence electrons. The summed E-state index contributed by atoms with van der Waals surface area (Å²) in [6.07, 6.45) is 7.17. The van der Waals surface area contributed by atoms with Crippen molar-refractivity contribution >= 4 is 9.84 Å². The number of pyridine rings is 1. The van der Waals surface area contributed by atoms with Crippen LogP contribution in [0.2, 0.25) is 0 Å². The SMILES string of the molecule is CC(C)S(=O)(=O)CC1CCC(CCc2cccnc2Oc2ccc(F)cc2F)CC1. The van der Waals surface area contributed by atoms with Gasteiger partial charge in [0.15, 0.2) is 21.4 Å². The zero-order chi connectivity index (χ0) is 21.7. The van der Waals surface area contributed by atoms with Crippen LogP contribution in [0.25, 0.3) is 0 Å². The Kier molecular flexibility index (Phi) is 7.45. The highest BCUT2D eigenvalue weighted by molar-refractivity contribution is 7.91. The first kappa shape index (κ1) is 22.7. The summed E-state index contributed by atoms with van der Waals surface area (Å²) in [4.78, 5) is 4.22. The van der Waals surface area contributed by atoms with Crippen molar-refractivity contribution in [1.29, 1.82) is 0 Å². The number of sulfone groups is 1. The first-order chi connectivity index (χ1) is 14.2. The molecular weight excluding hydrogens is 408 g/mol. The molecule has 0 saturated heterocycles. The fourth-order valence-electron chi connectivity index (χ4n) is 3.94. The maximum absolute atomic E-state index is 13.9. The topological polar surface area (TPSA) is 56.3 Å². The number of hydrogen-bond acceptors (Lipinski definition) is 4. The van der Waals surface area contributed by atoms with Gasteiger partial charge in [-0.2, -0.15) is 0 Å². The Labute approximate surface area is 177 Å². The lowest BCUT2D eigenvalue weighted by Crippen LogP contribution is -2.26. The van der Waals surface area contributed by atoms with Crippen molar-refractivity contribution in [2.45, 2.75) is 57.6 Å². The molecule has 7 heteroatoms. The van der Waals surface area contributed by atoms with Crippen LogP contribution in [0.3, 0.4) is 0 Å². The lowest BCUT2D eigenvalue weighted by Gasteiger charge is -2.29. The first-order valence-electron chi connectivity index (χ1n) is 10.5. The highest BCUT2D eigenvalue weighted by Gasteiger charge is 2.27. The molecule has 1 aromatic heterocycles. The van der Waals surface area contributed by atoms with Crippen LogP contribution in [0.15, 0.2) is 36.5 Å². The average molecular weight is 438 g/mol. The number of nitrogens with zero attached hydrogens (tertiary/aromatic N) is 1. The van der Waals surface area contributed by atoms with Gasteiger partial charge in [0.2, 0.25) is 5.88 Å². The number of hydrogen-bond donors (Lipinski definition) is 0. The third kappa shape index (κ3) is 6.00. The summed E-state index contributed by atoms with van der Waals surface area (Å²) in [5.74, 6) is -0.0607. The zero-order valence-electron chi connectivity index (χ0n) is 17.5. The van der Waals surface area contributed by atoms with Crippen molar-refractivity contribution in [3.05, 3.63) is 53.7 Å². The van der Waals surface area contributed by atoms with Gasteiger partial charge in [0, 0.05) is 17.8 Å². The second-order valence-corrected chi connectivity index (χ2v) is 11.1. The molecule has 0 spiro atoms. The Hall–Kier alpha value is -2.02. The van der Waals surface area contributed by atoms with Gasteiger partial charge < -0.3 is 4.74 Å². The van der Waals surface area contributed by atoms with E-state index in [0.29, 0.717) is 17.6 Å². The van der Waals surface area contributed by atoms with Crippen molar-refractivity contribution in [2.24, 2.45) is 11.8 Å². The van der Waals surface area contributed by atoms with E-state index in [0.717, 1.165) is 56.2 Å². The normalized spacial score (nSPS) is 19.8. The molecule has 0 amide bonds. The van der Waals surface area contributed by atoms with Gasteiger partial charge in [-0.05, 0) is 69.6 Å². The Morgan fingerprint density at radius 3 is 2.47 bits per heavy atom. The first-order valence-corrected chi connectivity index (χ1v) is 12.2. The van der Waals surface area contributed by atoms with Crippen LogP contribution in [-0.2, 0) is 16.3 Å².